The van der Waals surface area contributed by atoms with Crippen molar-refractivity contribution >= 4 is 34.4 Å². The summed E-state index contributed by atoms with van der Waals surface area (Å²) < 4.78 is 5.77. The van der Waals surface area contributed by atoms with Crippen LogP contribution in [-0.4, -0.2) is 66.1 Å². The minimum absolute atomic E-state index is 0.143. The summed E-state index contributed by atoms with van der Waals surface area (Å²) in [7, 11) is 0. The molecule has 3 aromatic heterocycles. The van der Waals surface area contributed by atoms with Crippen LogP contribution in [-0.2, 0) is 0 Å². The van der Waals surface area contributed by atoms with Crippen molar-refractivity contribution in [1.29, 1.82) is 0 Å². The summed E-state index contributed by atoms with van der Waals surface area (Å²) in [5, 5.41) is 9.95. The number of benzene rings is 1. The van der Waals surface area contributed by atoms with Gasteiger partial charge in [0.1, 0.15) is 23.8 Å². The maximum Gasteiger partial charge on any atom is 0.255 e. The fraction of sp³-hybridized carbons (Fsp3) is 0.231. The Morgan fingerprint density at radius 2 is 1.92 bits per heavy atom. The van der Waals surface area contributed by atoms with E-state index in [0.29, 0.717) is 41.4 Å². The van der Waals surface area contributed by atoms with E-state index in [9.17, 15) is 9.59 Å². The number of carbonyl (C=O) groups excluding carboxylic acids is 2. The summed E-state index contributed by atoms with van der Waals surface area (Å²) in [5.74, 6) is 0.976. The Bertz CT molecular complexity index is 1460. The third-order valence-corrected chi connectivity index (χ3v) is 6.42. The lowest BCUT2D eigenvalue weighted by molar-refractivity contribution is 0.0956. The van der Waals surface area contributed by atoms with Crippen LogP contribution in [0.4, 0.5) is 11.5 Å². The van der Waals surface area contributed by atoms with Gasteiger partial charge in [-0.1, -0.05) is 6.07 Å². The number of carbonyl (C=O) groups is 2. The lowest BCUT2D eigenvalue weighted by Gasteiger charge is -2.28. The Morgan fingerprint density at radius 1 is 1.03 bits per heavy atom. The number of fused-ring (bicyclic) bond motifs is 2. The molecule has 0 bridgehead atoms. The summed E-state index contributed by atoms with van der Waals surface area (Å²) in [6.07, 6.45) is 5.16. The number of rotatable bonds is 4. The second kappa shape index (κ2) is 9.31. The molecular weight excluding hydrogens is 458 g/mol. The summed E-state index contributed by atoms with van der Waals surface area (Å²) in [6.45, 7) is 4.38. The largest absolute Gasteiger partial charge is 0.491 e. The van der Waals surface area contributed by atoms with E-state index in [2.05, 4.69) is 35.8 Å². The SMILES string of the molecule is O=C(Nc1cnc2[nH]cc(-c3ccc4c(c3)OCCNC4=O)c2c1)c1ccnc(N2CCNCC2)c1. The second-order valence-electron chi connectivity index (χ2n) is 8.73. The molecule has 2 aliphatic rings. The van der Waals surface area contributed by atoms with Gasteiger partial charge in [0, 0.05) is 55.1 Å². The van der Waals surface area contributed by atoms with Crippen LogP contribution < -0.4 is 25.6 Å². The van der Waals surface area contributed by atoms with E-state index < -0.39 is 0 Å². The van der Waals surface area contributed by atoms with Crippen molar-refractivity contribution < 1.29 is 14.3 Å². The molecule has 2 amide bonds. The van der Waals surface area contributed by atoms with E-state index in [-0.39, 0.29) is 11.8 Å². The number of hydrogen-bond donors (Lipinski definition) is 4. The third kappa shape index (κ3) is 4.22. The summed E-state index contributed by atoms with van der Waals surface area (Å²) >= 11 is 0. The number of pyridine rings is 2. The first-order valence-electron chi connectivity index (χ1n) is 11.9. The Balaban J connectivity index is 1.27. The van der Waals surface area contributed by atoms with E-state index in [1.807, 2.05) is 30.5 Å². The zero-order valence-corrected chi connectivity index (χ0v) is 19.5. The molecule has 0 spiro atoms. The van der Waals surface area contributed by atoms with Crippen molar-refractivity contribution in [3.05, 3.63) is 66.1 Å². The van der Waals surface area contributed by atoms with Crippen molar-refractivity contribution in [2.45, 2.75) is 0 Å². The molecule has 0 saturated carbocycles. The predicted octanol–water partition coefficient (Wildman–Crippen LogP) is 2.41. The van der Waals surface area contributed by atoms with Crippen LogP contribution in [0.3, 0.4) is 0 Å². The van der Waals surface area contributed by atoms with Crippen molar-refractivity contribution in [1.82, 2.24) is 25.6 Å². The van der Waals surface area contributed by atoms with Crippen LogP contribution in [0.5, 0.6) is 5.75 Å². The fourth-order valence-electron chi connectivity index (χ4n) is 4.56. The van der Waals surface area contributed by atoms with Gasteiger partial charge < -0.3 is 30.6 Å². The van der Waals surface area contributed by atoms with Crippen LogP contribution in [0, 0.1) is 0 Å². The average molecular weight is 484 g/mol. The molecule has 4 N–H and O–H groups in total. The molecule has 1 saturated heterocycles. The number of nitrogens with one attached hydrogen (secondary N) is 4. The average Bonchev–Trinajstić information content (AvgIpc) is 3.25. The van der Waals surface area contributed by atoms with Gasteiger partial charge in [-0.15, -0.1) is 0 Å². The second-order valence-corrected chi connectivity index (χ2v) is 8.73. The number of nitrogens with zero attached hydrogens (tertiary/aromatic N) is 3. The van der Waals surface area contributed by atoms with Gasteiger partial charge >= 0.3 is 0 Å². The van der Waals surface area contributed by atoms with Gasteiger partial charge in [0.05, 0.1) is 24.0 Å². The molecule has 6 rings (SSSR count). The topological polar surface area (TPSA) is 124 Å². The quantitative estimate of drug-likeness (QED) is 0.351. The summed E-state index contributed by atoms with van der Waals surface area (Å²) in [5.41, 5.74) is 4.11. The van der Waals surface area contributed by atoms with Gasteiger partial charge in [-0.05, 0) is 35.9 Å². The predicted molar refractivity (Wildman–Crippen MR) is 137 cm³/mol. The van der Waals surface area contributed by atoms with Crippen LogP contribution >= 0.6 is 0 Å². The van der Waals surface area contributed by atoms with E-state index in [1.165, 1.54) is 0 Å². The summed E-state index contributed by atoms with van der Waals surface area (Å²) in [4.78, 5) is 39.6. The smallest absolute Gasteiger partial charge is 0.255 e. The number of aromatic amines is 1. The Morgan fingerprint density at radius 3 is 2.81 bits per heavy atom. The Kier molecular flexibility index (Phi) is 5.70. The molecule has 0 atom stereocenters. The standard InChI is InChI=1S/C26H25N7O3/c34-25(17-3-4-28-23(12-17)33-8-5-27-6-9-33)32-18-13-20-21(15-31-24(20)30-14-18)16-1-2-19-22(11-16)36-10-7-29-26(19)35/h1-4,11-15,27H,5-10H2,(H,29,35)(H,30,31)(H,32,34). The van der Waals surface area contributed by atoms with Crippen molar-refractivity contribution in [2.24, 2.45) is 0 Å². The zero-order valence-electron chi connectivity index (χ0n) is 19.5. The van der Waals surface area contributed by atoms with Gasteiger partial charge in [0.25, 0.3) is 11.8 Å². The molecule has 5 heterocycles. The molecule has 2 aliphatic heterocycles. The van der Waals surface area contributed by atoms with Crippen LogP contribution in [0.15, 0.2) is 55.0 Å². The van der Waals surface area contributed by atoms with Gasteiger partial charge in [-0.3, -0.25) is 9.59 Å². The number of piperazine rings is 1. The van der Waals surface area contributed by atoms with Gasteiger partial charge in [0.15, 0.2) is 0 Å². The first-order chi connectivity index (χ1) is 17.7. The normalized spacial score (nSPS) is 15.6. The van der Waals surface area contributed by atoms with Crippen LogP contribution in [0.2, 0.25) is 0 Å². The number of anilines is 2. The lowest BCUT2D eigenvalue weighted by Crippen LogP contribution is -2.43. The molecule has 10 heteroatoms. The Labute approximate surface area is 207 Å². The molecule has 10 nitrogen and oxygen atoms in total. The summed E-state index contributed by atoms with van der Waals surface area (Å²) in [6, 6.07) is 10.9. The maximum atomic E-state index is 13.0. The minimum Gasteiger partial charge on any atom is -0.491 e. The number of amides is 2. The minimum atomic E-state index is -0.225. The number of hydrogen-bond acceptors (Lipinski definition) is 7. The highest BCUT2D eigenvalue weighted by molar-refractivity contribution is 6.06. The molecule has 4 aromatic rings. The lowest BCUT2D eigenvalue weighted by atomic mass is 10.0. The highest BCUT2D eigenvalue weighted by atomic mass is 16.5. The first kappa shape index (κ1) is 22.1. The highest BCUT2D eigenvalue weighted by Crippen LogP contribution is 2.33. The van der Waals surface area contributed by atoms with Crippen molar-refractivity contribution in [3.63, 3.8) is 0 Å². The number of ether oxygens (including phenoxy) is 1. The molecular formula is C26H25N7O3. The molecule has 1 fully saturated rings. The monoisotopic (exact) mass is 483 g/mol. The molecule has 182 valence electrons. The van der Waals surface area contributed by atoms with E-state index >= 15 is 0 Å². The Hall–Kier alpha value is -4.44. The van der Waals surface area contributed by atoms with Gasteiger partial charge in [-0.25, -0.2) is 9.97 Å². The molecule has 36 heavy (non-hydrogen) atoms. The first-order valence-corrected chi connectivity index (χ1v) is 11.9. The molecule has 0 aliphatic carbocycles. The fourth-order valence-corrected chi connectivity index (χ4v) is 4.56. The maximum absolute atomic E-state index is 13.0. The van der Waals surface area contributed by atoms with E-state index in [1.54, 1.807) is 24.5 Å². The van der Waals surface area contributed by atoms with Crippen molar-refractivity contribution in [3.8, 4) is 16.9 Å². The molecule has 0 unspecified atom stereocenters. The van der Waals surface area contributed by atoms with Gasteiger partial charge in [-0.2, -0.15) is 0 Å². The van der Waals surface area contributed by atoms with Crippen molar-refractivity contribution in [2.75, 3.05) is 49.5 Å². The zero-order chi connectivity index (χ0) is 24.5. The van der Waals surface area contributed by atoms with Crippen LogP contribution in [0.25, 0.3) is 22.2 Å². The van der Waals surface area contributed by atoms with E-state index in [0.717, 1.165) is 48.5 Å². The molecule has 1 aromatic carbocycles. The number of H-pyrrole nitrogens is 1. The number of aromatic nitrogens is 3. The van der Waals surface area contributed by atoms with E-state index in [4.69, 9.17) is 4.74 Å². The highest BCUT2D eigenvalue weighted by Gasteiger charge is 2.19. The molecule has 0 radical (unpaired) electrons. The van der Waals surface area contributed by atoms with Crippen LogP contribution in [0.1, 0.15) is 20.7 Å². The third-order valence-electron chi connectivity index (χ3n) is 6.42. The van der Waals surface area contributed by atoms with Gasteiger partial charge in [0.2, 0.25) is 0 Å².